The first kappa shape index (κ1) is 19.4. The molecule has 6 nitrogen and oxygen atoms in total. The highest BCUT2D eigenvalue weighted by Crippen LogP contribution is 2.41. The summed E-state index contributed by atoms with van der Waals surface area (Å²) in [7, 11) is 2.97. The molecule has 1 N–H and O–H groups in total. The number of amides is 1. The van der Waals surface area contributed by atoms with E-state index >= 15 is 0 Å². The van der Waals surface area contributed by atoms with Crippen LogP contribution in [-0.2, 0) is 9.59 Å². The number of ether oxygens (including phenoxy) is 2. The van der Waals surface area contributed by atoms with Gasteiger partial charge in [-0.15, -0.1) is 0 Å². The van der Waals surface area contributed by atoms with Crippen LogP contribution >= 0.6 is 0 Å². The van der Waals surface area contributed by atoms with Gasteiger partial charge in [-0.25, -0.2) is 4.39 Å². The highest BCUT2D eigenvalue weighted by atomic mass is 19.1. The van der Waals surface area contributed by atoms with E-state index in [1.165, 1.54) is 43.3 Å². The Hall–Kier alpha value is -3.35. The van der Waals surface area contributed by atoms with E-state index in [1.54, 1.807) is 18.2 Å². The van der Waals surface area contributed by atoms with E-state index in [2.05, 4.69) is 0 Å². The third-order valence-corrected chi connectivity index (χ3v) is 4.60. The number of ketones is 1. The van der Waals surface area contributed by atoms with Gasteiger partial charge in [-0.3, -0.25) is 9.59 Å². The lowest BCUT2D eigenvalue weighted by atomic mass is 9.95. The van der Waals surface area contributed by atoms with E-state index in [0.29, 0.717) is 23.7 Å². The first-order valence-corrected chi connectivity index (χ1v) is 8.70. The zero-order valence-electron chi connectivity index (χ0n) is 15.7. The molecule has 2 aromatic carbocycles. The maximum absolute atomic E-state index is 13.2. The van der Waals surface area contributed by atoms with Gasteiger partial charge in [-0.1, -0.05) is 6.07 Å². The molecular formula is C21H20FNO5. The number of benzene rings is 2. The number of Topliss-reactive ketones (excluding diaryl/α,β-unsaturated/α-hetero) is 1. The fraction of sp³-hybridized carbons (Fsp3) is 0.238. The van der Waals surface area contributed by atoms with Gasteiger partial charge in [0, 0.05) is 12.6 Å². The molecule has 1 heterocycles. The number of nitrogens with zero attached hydrogens (tertiary/aromatic N) is 1. The summed E-state index contributed by atoms with van der Waals surface area (Å²) in [4.78, 5) is 26.2. The Morgan fingerprint density at radius 1 is 1.14 bits per heavy atom. The van der Waals surface area contributed by atoms with Crippen molar-refractivity contribution < 1.29 is 28.6 Å². The molecule has 0 bridgehead atoms. The van der Waals surface area contributed by atoms with Crippen molar-refractivity contribution in [1.82, 2.24) is 4.90 Å². The van der Waals surface area contributed by atoms with Crippen molar-refractivity contribution in [2.24, 2.45) is 0 Å². The number of aliphatic hydroxyl groups excluding tert-OH is 1. The SMILES string of the molecule is CCOc1ccc(C2/C(=C(\O)c3ccc(F)cc3)C(=O)C(=O)N2C)cc1OC. The number of hydrogen-bond acceptors (Lipinski definition) is 5. The average Bonchev–Trinajstić information content (AvgIpc) is 2.92. The number of likely N-dealkylation sites (tertiary alicyclic amines) is 1. The van der Waals surface area contributed by atoms with Crippen LogP contribution in [-0.4, -0.2) is 42.5 Å². The molecule has 3 rings (SSSR count). The van der Waals surface area contributed by atoms with Gasteiger partial charge in [-0.2, -0.15) is 0 Å². The van der Waals surface area contributed by atoms with Crippen molar-refractivity contribution >= 4 is 17.4 Å². The quantitative estimate of drug-likeness (QED) is 0.486. The Balaban J connectivity index is 2.14. The molecule has 146 valence electrons. The molecule has 0 radical (unpaired) electrons. The van der Waals surface area contributed by atoms with Crippen molar-refractivity contribution in [2.75, 3.05) is 20.8 Å². The van der Waals surface area contributed by atoms with Crippen LogP contribution in [0.3, 0.4) is 0 Å². The summed E-state index contributed by atoms with van der Waals surface area (Å²) in [6.45, 7) is 2.30. The molecule has 1 fully saturated rings. The lowest BCUT2D eigenvalue weighted by Gasteiger charge is -2.22. The summed E-state index contributed by atoms with van der Waals surface area (Å²) in [6.07, 6.45) is 0. The highest BCUT2D eigenvalue weighted by molar-refractivity contribution is 6.46. The first-order chi connectivity index (χ1) is 13.4. The summed E-state index contributed by atoms with van der Waals surface area (Å²) in [5.41, 5.74) is 0.756. The summed E-state index contributed by atoms with van der Waals surface area (Å²) in [5.74, 6) is -1.40. The Morgan fingerprint density at radius 3 is 2.43 bits per heavy atom. The van der Waals surface area contributed by atoms with Gasteiger partial charge in [0.05, 0.1) is 25.3 Å². The first-order valence-electron chi connectivity index (χ1n) is 8.70. The normalized spacial score (nSPS) is 18.4. The number of carbonyl (C=O) groups is 2. The van der Waals surface area contributed by atoms with Crippen LogP contribution in [0.15, 0.2) is 48.0 Å². The minimum Gasteiger partial charge on any atom is -0.507 e. The second-order valence-electron chi connectivity index (χ2n) is 6.26. The predicted octanol–water partition coefficient (Wildman–Crippen LogP) is 3.28. The van der Waals surface area contributed by atoms with Crippen molar-refractivity contribution in [1.29, 1.82) is 0 Å². The average molecular weight is 385 g/mol. The molecule has 2 aromatic rings. The van der Waals surface area contributed by atoms with Crippen LogP contribution in [0.4, 0.5) is 4.39 Å². The molecular weight excluding hydrogens is 365 g/mol. The molecule has 1 saturated heterocycles. The number of rotatable bonds is 5. The van der Waals surface area contributed by atoms with Gasteiger partial charge in [0.1, 0.15) is 11.6 Å². The zero-order valence-corrected chi connectivity index (χ0v) is 15.7. The Morgan fingerprint density at radius 2 is 1.82 bits per heavy atom. The minimum atomic E-state index is -0.811. The summed E-state index contributed by atoms with van der Waals surface area (Å²) in [6, 6.07) is 9.29. The van der Waals surface area contributed by atoms with Crippen LogP contribution < -0.4 is 9.47 Å². The molecule has 0 saturated carbocycles. The van der Waals surface area contributed by atoms with Gasteiger partial charge in [-0.05, 0) is 48.9 Å². The smallest absolute Gasteiger partial charge is 0.295 e. The molecule has 0 aromatic heterocycles. The molecule has 1 unspecified atom stereocenters. The zero-order chi connectivity index (χ0) is 20.4. The lowest BCUT2D eigenvalue weighted by molar-refractivity contribution is -0.139. The van der Waals surface area contributed by atoms with Gasteiger partial charge in [0.15, 0.2) is 11.5 Å². The van der Waals surface area contributed by atoms with Gasteiger partial charge >= 0.3 is 0 Å². The van der Waals surface area contributed by atoms with E-state index in [0.717, 1.165) is 0 Å². The van der Waals surface area contributed by atoms with Crippen LogP contribution in [0.1, 0.15) is 24.1 Å². The summed E-state index contributed by atoms with van der Waals surface area (Å²) >= 11 is 0. The number of carbonyl (C=O) groups excluding carboxylic acids is 2. The predicted molar refractivity (Wildman–Crippen MR) is 101 cm³/mol. The van der Waals surface area contributed by atoms with E-state index in [9.17, 15) is 19.1 Å². The molecule has 0 aliphatic carbocycles. The molecule has 1 aliphatic rings. The third-order valence-electron chi connectivity index (χ3n) is 4.60. The molecule has 7 heteroatoms. The van der Waals surface area contributed by atoms with Gasteiger partial charge in [0.2, 0.25) is 0 Å². The standard InChI is InChI=1S/C21H20FNO5/c1-4-28-15-10-7-13(11-16(15)27-3)18-17(20(25)21(26)23(18)2)19(24)12-5-8-14(22)9-6-12/h5-11,18,24H,4H2,1-3H3/b19-17+. The number of halogens is 1. The van der Waals surface area contributed by atoms with Crippen molar-refractivity contribution in [2.45, 2.75) is 13.0 Å². The number of methoxy groups -OCH3 is 1. The fourth-order valence-electron chi connectivity index (χ4n) is 3.23. The van der Waals surface area contributed by atoms with Crippen LogP contribution in [0.5, 0.6) is 11.5 Å². The van der Waals surface area contributed by atoms with E-state index in [4.69, 9.17) is 9.47 Å². The van der Waals surface area contributed by atoms with E-state index < -0.39 is 23.5 Å². The third kappa shape index (κ3) is 3.31. The molecule has 1 aliphatic heterocycles. The lowest BCUT2D eigenvalue weighted by Crippen LogP contribution is -2.24. The fourth-order valence-corrected chi connectivity index (χ4v) is 3.23. The summed E-state index contributed by atoms with van der Waals surface area (Å²) in [5, 5.41) is 10.7. The number of hydrogen-bond donors (Lipinski definition) is 1. The summed E-state index contributed by atoms with van der Waals surface area (Å²) < 4.78 is 24.0. The maximum Gasteiger partial charge on any atom is 0.295 e. The topological polar surface area (TPSA) is 76.1 Å². The maximum atomic E-state index is 13.2. The van der Waals surface area contributed by atoms with Crippen LogP contribution in [0.25, 0.3) is 5.76 Å². The highest BCUT2D eigenvalue weighted by Gasteiger charge is 2.44. The second kappa shape index (κ2) is 7.72. The molecule has 1 amide bonds. The number of aliphatic hydroxyl groups is 1. The molecule has 0 spiro atoms. The van der Waals surface area contributed by atoms with E-state index in [-0.39, 0.29) is 16.9 Å². The van der Waals surface area contributed by atoms with E-state index in [1.807, 2.05) is 6.92 Å². The molecule has 28 heavy (non-hydrogen) atoms. The largest absolute Gasteiger partial charge is 0.507 e. The molecule has 1 atom stereocenters. The van der Waals surface area contributed by atoms with Gasteiger partial charge < -0.3 is 19.5 Å². The van der Waals surface area contributed by atoms with Crippen molar-refractivity contribution in [3.63, 3.8) is 0 Å². The second-order valence-corrected chi connectivity index (χ2v) is 6.26. The van der Waals surface area contributed by atoms with Gasteiger partial charge in [0.25, 0.3) is 11.7 Å². The van der Waals surface area contributed by atoms with Crippen molar-refractivity contribution in [3.05, 3.63) is 65.0 Å². The Kier molecular flexibility index (Phi) is 5.35. The van der Waals surface area contributed by atoms with Crippen LogP contribution in [0.2, 0.25) is 0 Å². The Labute approximate surface area is 161 Å². The Bertz CT molecular complexity index is 952. The number of likely N-dealkylation sites (N-methyl/N-ethyl adjacent to an activating group) is 1. The van der Waals surface area contributed by atoms with Crippen molar-refractivity contribution in [3.8, 4) is 11.5 Å². The minimum absolute atomic E-state index is 0.0645. The van der Waals surface area contributed by atoms with Crippen LogP contribution in [0, 0.1) is 5.82 Å². The monoisotopic (exact) mass is 385 g/mol.